The topological polar surface area (TPSA) is 38.7 Å². The second-order valence-corrected chi connectivity index (χ2v) is 6.91. The number of methoxy groups -OCH3 is 1. The highest BCUT2D eigenvalue weighted by Crippen LogP contribution is 2.55. The molecule has 2 bridgehead atoms. The van der Waals surface area contributed by atoms with Crippen LogP contribution in [0.1, 0.15) is 32.4 Å². The Balaban J connectivity index is 1.97. The van der Waals surface area contributed by atoms with Gasteiger partial charge >= 0.3 is 0 Å². The first-order valence-corrected chi connectivity index (χ1v) is 8.08. The zero-order valence-electron chi connectivity index (χ0n) is 13.9. The minimum Gasteiger partial charge on any atom is -0.497 e. The number of allylic oxidation sites excluding steroid dienone is 1. The molecule has 0 radical (unpaired) electrons. The predicted molar refractivity (Wildman–Crippen MR) is 86.8 cm³/mol. The van der Waals surface area contributed by atoms with Gasteiger partial charge in [0.25, 0.3) is 0 Å². The highest BCUT2D eigenvalue weighted by molar-refractivity contribution is 5.32. The zero-order valence-corrected chi connectivity index (χ0v) is 13.9. The van der Waals surface area contributed by atoms with Crippen molar-refractivity contribution in [2.45, 2.75) is 26.9 Å². The van der Waals surface area contributed by atoms with Gasteiger partial charge < -0.3 is 14.6 Å². The van der Waals surface area contributed by atoms with E-state index in [1.165, 1.54) is 11.1 Å². The molecule has 1 aromatic rings. The molecule has 1 saturated heterocycles. The summed E-state index contributed by atoms with van der Waals surface area (Å²) in [5.41, 5.74) is 2.42. The fraction of sp³-hybridized carbons (Fsp3) is 0.579. The van der Waals surface area contributed by atoms with Crippen molar-refractivity contribution in [1.29, 1.82) is 0 Å². The Morgan fingerprint density at radius 3 is 2.55 bits per heavy atom. The van der Waals surface area contributed by atoms with Gasteiger partial charge in [0.05, 0.1) is 26.4 Å². The lowest BCUT2D eigenvalue weighted by Gasteiger charge is -2.55. The molecular weight excluding hydrogens is 276 g/mol. The molecule has 22 heavy (non-hydrogen) atoms. The van der Waals surface area contributed by atoms with E-state index in [0.717, 1.165) is 5.75 Å². The third kappa shape index (κ3) is 2.19. The Morgan fingerprint density at radius 1 is 1.27 bits per heavy atom. The highest BCUT2D eigenvalue weighted by Gasteiger charge is 2.53. The van der Waals surface area contributed by atoms with Crippen LogP contribution in [0.3, 0.4) is 0 Å². The quantitative estimate of drug-likeness (QED) is 0.867. The molecule has 0 saturated carbocycles. The van der Waals surface area contributed by atoms with Gasteiger partial charge in [-0.25, -0.2) is 0 Å². The van der Waals surface area contributed by atoms with Gasteiger partial charge in [0.1, 0.15) is 5.75 Å². The molecule has 2 aliphatic rings. The summed E-state index contributed by atoms with van der Waals surface area (Å²) in [5.74, 6) is 1.94. The molecule has 5 atom stereocenters. The summed E-state index contributed by atoms with van der Waals surface area (Å²) in [6.45, 7) is 7.47. The van der Waals surface area contributed by atoms with Crippen molar-refractivity contribution in [2.75, 3.05) is 20.3 Å². The summed E-state index contributed by atoms with van der Waals surface area (Å²) in [6.07, 6.45) is 2.39. The van der Waals surface area contributed by atoms with E-state index < -0.39 is 0 Å². The summed E-state index contributed by atoms with van der Waals surface area (Å²) in [6, 6.07) is 8.16. The largest absolute Gasteiger partial charge is 0.497 e. The SMILES string of the molecule is COc1ccc([C@@H]2OC[C@]3(CO)[C@@H](C)C=C(C)[C@@H]2[C@@H]3C)cc1. The third-order valence-corrected chi connectivity index (χ3v) is 5.99. The molecule has 3 rings (SSSR count). The van der Waals surface area contributed by atoms with Crippen molar-refractivity contribution in [2.24, 2.45) is 23.2 Å². The normalized spacial score (nSPS) is 37.6. The molecule has 1 fully saturated rings. The summed E-state index contributed by atoms with van der Waals surface area (Å²) < 4.78 is 11.5. The smallest absolute Gasteiger partial charge is 0.118 e. The van der Waals surface area contributed by atoms with Crippen LogP contribution in [0.4, 0.5) is 0 Å². The van der Waals surface area contributed by atoms with Crippen LogP contribution in [0, 0.1) is 23.2 Å². The summed E-state index contributed by atoms with van der Waals surface area (Å²) in [7, 11) is 1.68. The Bertz CT molecular complexity index is 563. The molecule has 1 N–H and O–H groups in total. The van der Waals surface area contributed by atoms with Crippen molar-refractivity contribution in [1.82, 2.24) is 0 Å². The van der Waals surface area contributed by atoms with Crippen LogP contribution >= 0.6 is 0 Å². The number of benzene rings is 1. The molecule has 3 nitrogen and oxygen atoms in total. The molecule has 0 aromatic heterocycles. The second kappa shape index (κ2) is 5.71. The Hall–Kier alpha value is -1.32. The first-order valence-electron chi connectivity index (χ1n) is 8.08. The second-order valence-electron chi connectivity index (χ2n) is 6.91. The van der Waals surface area contributed by atoms with E-state index in [-0.39, 0.29) is 18.1 Å². The Kier molecular flexibility index (Phi) is 4.04. The highest BCUT2D eigenvalue weighted by atomic mass is 16.5. The van der Waals surface area contributed by atoms with Crippen LogP contribution in [0.25, 0.3) is 0 Å². The lowest BCUT2D eigenvalue weighted by atomic mass is 9.56. The van der Waals surface area contributed by atoms with E-state index in [9.17, 15) is 5.11 Å². The fourth-order valence-electron chi connectivity index (χ4n) is 4.38. The minimum atomic E-state index is -0.146. The van der Waals surface area contributed by atoms with Crippen molar-refractivity contribution in [3.63, 3.8) is 0 Å². The van der Waals surface area contributed by atoms with Crippen molar-refractivity contribution in [3.8, 4) is 5.75 Å². The molecule has 1 heterocycles. The van der Waals surface area contributed by atoms with Crippen LogP contribution in [0.5, 0.6) is 5.75 Å². The van der Waals surface area contributed by atoms with E-state index >= 15 is 0 Å². The van der Waals surface area contributed by atoms with Gasteiger partial charge in [0, 0.05) is 11.3 Å². The van der Waals surface area contributed by atoms with Gasteiger partial charge in [-0.1, -0.05) is 37.6 Å². The molecule has 1 aliphatic carbocycles. The van der Waals surface area contributed by atoms with Crippen molar-refractivity contribution in [3.05, 3.63) is 41.5 Å². The maximum absolute atomic E-state index is 10.0. The van der Waals surface area contributed by atoms with Gasteiger partial charge in [-0.3, -0.25) is 0 Å². The van der Waals surface area contributed by atoms with Crippen molar-refractivity contribution < 1.29 is 14.6 Å². The van der Waals surface area contributed by atoms with E-state index in [1.807, 2.05) is 12.1 Å². The van der Waals surface area contributed by atoms with Crippen LogP contribution < -0.4 is 4.74 Å². The van der Waals surface area contributed by atoms with Crippen molar-refractivity contribution >= 4 is 0 Å². The van der Waals surface area contributed by atoms with Crippen LogP contribution in [0.2, 0.25) is 0 Å². The van der Waals surface area contributed by atoms with Gasteiger partial charge in [-0.15, -0.1) is 0 Å². The average Bonchev–Trinajstić information content (AvgIpc) is 2.53. The molecule has 0 unspecified atom stereocenters. The molecule has 1 aliphatic heterocycles. The van der Waals surface area contributed by atoms with Gasteiger partial charge in [-0.05, 0) is 36.5 Å². The van der Waals surface area contributed by atoms with Gasteiger partial charge in [0.15, 0.2) is 0 Å². The van der Waals surface area contributed by atoms with Crippen LogP contribution in [-0.4, -0.2) is 25.4 Å². The number of hydrogen-bond acceptors (Lipinski definition) is 3. The zero-order chi connectivity index (χ0) is 15.9. The number of aliphatic hydroxyl groups is 1. The molecule has 120 valence electrons. The number of ether oxygens (including phenoxy) is 2. The van der Waals surface area contributed by atoms with Gasteiger partial charge in [0.2, 0.25) is 0 Å². The summed E-state index contributed by atoms with van der Waals surface area (Å²) in [4.78, 5) is 0. The van der Waals surface area contributed by atoms with E-state index in [0.29, 0.717) is 24.4 Å². The van der Waals surface area contributed by atoms with E-state index in [4.69, 9.17) is 9.47 Å². The molecule has 0 amide bonds. The van der Waals surface area contributed by atoms with E-state index in [2.05, 4.69) is 39.0 Å². The third-order valence-electron chi connectivity index (χ3n) is 5.99. The summed E-state index contributed by atoms with van der Waals surface area (Å²) >= 11 is 0. The number of fused-ring (bicyclic) bond motifs is 2. The van der Waals surface area contributed by atoms with E-state index in [1.54, 1.807) is 7.11 Å². The monoisotopic (exact) mass is 302 g/mol. The first-order chi connectivity index (χ1) is 10.5. The molecular formula is C19H26O3. The molecule has 0 spiro atoms. The summed E-state index contributed by atoms with van der Waals surface area (Å²) in [5, 5.41) is 10.0. The minimum absolute atomic E-state index is 0.0596. The van der Waals surface area contributed by atoms with Crippen LogP contribution in [0.15, 0.2) is 35.9 Å². The standard InChI is InChI=1S/C19H26O3/c1-12-9-13(2)19(10-20)11-22-18(17(12)14(19)3)15-5-7-16(21-4)8-6-15/h5-9,13-14,17-18,20H,10-11H2,1-4H3/t13-,14-,17+,18-,19+/m0/s1. The number of hydrogen-bond donors (Lipinski definition) is 1. The maximum atomic E-state index is 10.0. The molecule has 3 heteroatoms. The lowest BCUT2D eigenvalue weighted by Crippen LogP contribution is -2.53. The average molecular weight is 302 g/mol. The molecule has 1 aromatic carbocycles. The first kappa shape index (κ1) is 15.6. The number of rotatable bonds is 3. The number of aliphatic hydroxyl groups excluding tert-OH is 1. The predicted octanol–water partition coefficient (Wildman–Crippen LogP) is 3.59. The van der Waals surface area contributed by atoms with Gasteiger partial charge in [-0.2, -0.15) is 0 Å². The fourth-order valence-corrected chi connectivity index (χ4v) is 4.38. The lowest BCUT2D eigenvalue weighted by molar-refractivity contribution is -0.165. The van der Waals surface area contributed by atoms with Crippen LogP contribution in [-0.2, 0) is 4.74 Å². The Morgan fingerprint density at radius 2 is 1.95 bits per heavy atom. The Labute approximate surface area is 132 Å². The maximum Gasteiger partial charge on any atom is 0.118 e.